The first-order valence-corrected chi connectivity index (χ1v) is 11.9. The highest BCUT2D eigenvalue weighted by Crippen LogP contribution is 2.22. The van der Waals surface area contributed by atoms with Gasteiger partial charge in [0.25, 0.3) is 5.56 Å². The quantitative estimate of drug-likeness (QED) is 0.600. The van der Waals surface area contributed by atoms with Crippen LogP contribution in [0.5, 0.6) is 0 Å². The maximum Gasteiger partial charge on any atom is 0.271 e. The molecule has 0 saturated carbocycles. The SMILES string of the molecule is CCc1ccc(CNC(=O)C2CCN(c3ccc(=O)n(-c4ccc(CC)cc4)n3)CC2)cc1. The van der Waals surface area contributed by atoms with Gasteiger partial charge >= 0.3 is 0 Å². The normalized spacial score (nSPS) is 14.3. The number of anilines is 1. The summed E-state index contributed by atoms with van der Waals surface area (Å²) in [5.41, 5.74) is 4.26. The van der Waals surface area contributed by atoms with Crippen molar-refractivity contribution in [1.29, 1.82) is 0 Å². The van der Waals surface area contributed by atoms with E-state index in [-0.39, 0.29) is 17.4 Å². The van der Waals surface area contributed by atoms with Gasteiger partial charge in [0.15, 0.2) is 0 Å². The van der Waals surface area contributed by atoms with Gasteiger partial charge < -0.3 is 10.2 Å². The predicted molar refractivity (Wildman–Crippen MR) is 132 cm³/mol. The molecular formula is C27H32N4O2. The molecule has 0 aliphatic carbocycles. The summed E-state index contributed by atoms with van der Waals surface area (Å²) in [4.78, 5) is 27.2. The standard InChI is InChI=1S/C27H32N4O2/c1-3-20-5-7-22(8-6-20)19-28-27(33)23-15-17-30(18-16-23)25-13-14-26(32)31(29-25)24-11-9-21(4-2)10-12-24/h5-14,23H,3-4,15-19H2,1-2H3,(H,28,33). The lowest BCUT2D eigenvalue weighted by atomic mass is 9.96. The molecule has 4 rings (SSSR count). The van der Waals surface area contributed by atoms with Crippen molar-refractivity contribution in [3.05, 3.63) is 87.7 Å². The van der Waals surface area contributed by atoms with E-state index in [4.69, 9.17) is 0 Å². The Balaban J connectivity index is 1.35. The number of amides is 1. The van der Waals surface area contributed by atoms with Crippen molar-refractivity contribution in [2.75, 3.05) is 18.0 Å². The smallest absolute Gasteiger partial charge is 0.271 e. The highest BCUT2D eigenvalue weighted by atomic mass is 16.2. The van der Waals surface area contributed by atoms with Crippen LogP contribution in [0.3, 0.4) is 0 Å². The van der Waals surface area contributed by atoms with Gasteiger partial charge in [-0.25, -0.2) is 0 Å². The molecule has 6 nitrogen and oxygen atoms in total. The van der Waals surface area contributed by atoms with E-state index in [0.29, 0.717) is 6.54 Å². The third-order valence-corrected chi connectivity index (χ3v) is 6.46. The minimum atomic E-state index is -0.149. The minimum absolute atomic E-state index is 0.00339. The molecule has 3 aromatic rings. The van der Waals surface area contributed by atoms with Crippen LogP contribution in [0.15, 0.2) is 65.5 Å². The fourth-order valence-corrected chi connectivity index (χ4v) is 4.23. The number of benzene rings is 2. The molecule has 1 N–H and O–H groups in total. The molecule has 6 heteroatoms. The Morgan fingerprint density at radius 2 is 1.45 bits per heavy atom. The Morgan fingerprint density at radius 1 is 0.879 bits per heavy atom. The van der Waals surface area contributed by atoms with Crippen LogP contribution in [0.4, 0.5) is 5.82 Å². The third kappa shape index (κ3) is 5.51. The highest BCUT2D eigenvalue weighted by Gasteiger charge is 2.25. The number of aryl methyl sites for hydroxylation is 2. The molecular weight excluding hydrogens is 412 g/mol. The summed E-state index contributed by atoms with van der Waals surface area (Å²) in [6.07, 6.45) is 3.51. The summed E-state index contributed by atoms with van der Waals surface area (Å²) in [5.74, 6) is 0.885. The number of piperidine rings is 1. The van der Waals surface area contributed by atoms with Crippen molar-refractivity contribution < 1.29 is 4.79 Å². The van der Waals surface area contributed by atoms with Crippen molar-refractivity contribution in [2.45, 2.75) is 46.1 Å². The number of rotatable bonds is 7. The molecule has 1 saturated heterocycles. The Kier molecular flexibility index (Phi) is 7.23. The maximum atomic E-state index is 12.7. The molecule has 1 aliphatic rings. The van der Waals surface area contributed by atoms with Crippen LogP contribution in [0, 0.1) is 5.92 Å². The number of carbonyl (C=O) groups is 1. The first-order chi connectivity index (χ1) is 16.1. The molecule has 0 bridgehead atoms. The monoisotopic (exact) mass is 444 g/mol. The summed E-state index contributed by atoms with van der Waals surface area (Å²) in [5, 5.41) is 7.70. The Morgan fingerprint density at radius 3 is 2.06 bits per heavy atom. The molecule has 1 amide bonds. The first kappa shape index (κ1) is 22.8. The molecule has 0 atom stereocenters. The lowest BCUT2D eigenvalue weighted by molar-refractivity contribution is -0.125. The summed E-state index contributed by atoms with van der Waals surface area (Å²) in [7, 11) is 0. The van der Waals surface area contributed by atoms with Crippen LogP contribution < -0.4 is 15.8 Å². The lowest BCUT2D eigenvalue weighted by Crippen LogP contribution is -2.41. The second kappa shape index (κ2) is 10.5. The summed E-state index contributed by atoms with van der Waals surface area (Å²) in [6, 6.07) is 19.7. The number of nitrogens with one attached hydrogen (secondary N) is 1. The van der Waals surface area contributed by atoms with E-state index in [0.717, 1.165) is 55.8 Å². The maximum absolute atomic E-state index is 12.7. The summed E-state index contributed by atoms with van der Waals surface area (Å²) < 4.78 is 1.46. The van der Waals surface area contributed by atoms with Gasteiger partial charge in [-0.15, -0.1) is 5.10 Å². The molecule has 33 heavy (non-hydrogen) atoms. The second-order valence-corrected chi connectivity index (χ2v) is 8.61. The molecule has 1 aliphatic heterocycles. The van der Waals surface area contributed by atoms with E-state index >= 15 is 0 Å². The minimum Gasteiger partial charge on any atom is -0.355 e. The average Bonchev–Trinajstić information content (AvgIpc) is 2.88. The molecule has 2 heterocycles. The van der Waals surface area contributed by atoms with Gasteiger partial charge in [-0.2, -0.15) is 4.68 Å². The largest absolute Gasteiger partial charge is 0.355 e. The van der Waals surface area contributed by atoms with Crippen LogP contribution in [0.1, 0.15) is 43.4 Å². The van der Waals surface area contributed by atoms with Gasteiger partial charge in [-0.3, -0.25) is 9.59 Å². The van der Waals surface area contributed by atoms with E-state index in [1.165, 1.54) is 15.8 Å². The number of aromatic nitrogens is 2. The van der Waals surface area contributed by atoms with Crippen LogP contribution in [0.25, 0.3) is 5.69 Å². The van der Waals surface area contributed by atoms with Gasteiger partial charge in [-0.05, 0) is 60.6 Å². The zero-order valence-electron chi connectivity index (χ0n) is 19.5. The Bertz CT molecular complexity index is 1130. The summed E-state index contributed by atoms with van der Waals surface area (Å²) in [6.45, 7) is 6.28. The second-order valence-electron chi connectivity index (χ2n) is 8.61. The number of hydrogen-bond acceptors (Lipinski definition) is 4. The predicted octanol–water partition coefficient (Wildman–Crippen LogP) is 3.89. The molecule has 1 fully saturated rings. The van der Waals surface area contributed by atoms with Gasteiger partial charge in [0.2, 0.25) is 5.91 Å². The van der Waals surface area contributed by atoms with Crippen molar-refractivity contribution in [2.24, 2.45) is 5.92 Å². The zero-order valence-corrected chi connectivity index (χ0v) is 19.5. The van der Waals surface area contributed by atoms with Crippen molar-refractivity contribution in [1.82, 2.24) is 15.1 Å². The topological polar surface area (TPSA) is 67.2 Å². The first-order valence-electron chi connectivity index (χ1n) is 11.9. The number of nitrogens with zero attached hydrogens (tertiary/aromatic N) is 3. The van der Waals surface area contributed by atoms with Gasteiger partial charge in [0.1, 0.15) is 5.82 Å². The van der Waals surface area contributed by atoms with Gasteiger partial charge in [0, 0.05) is 31.6 Å². The molecule has 172 valence electrons. The molecule has 1 aromatic heterocycles. The fourth-order valence-electron chi connectivity index (χ4n) is 4.23. The van der Waals surface area contributed by atoms with Gasteiger partial charge in [-0.1, -0.05) is 50.2 Å². The number of carbonyl (C=O) groups excluding carboxylic acids is 1. The zero-order chi connectivity index (χ0) is 23.2. The molecule has 0 unspecified atom stereocenters. The van der Waals surface area contributed by atoms with Crippen LogP contribution >= 0.6 is 0 Å². The molecule has 2 aromatic carbocycles. The van der Waals surface area contributed by atoms with E-state index in [1.54, 1.807) is 12.1 Å². The van der Waals surface area contributed by atoms with E-state index < -0.39 is 0 Å². The Labute approximate surface area is 195 Å². The van der Waals surface area contributed by atoms with Crippen LogP contribution in [-0.4, -0.2) is 28.8 Å². The van der Waals surface area contributed by atoms with E-state index in [1.807, 2.05) is 24.3 Å². The van der Waals surface area contributed by atoms with E-state index in [9.17, 15) is 9.59 Å². The molecule has 0 spiro atoms. The highest BCUT2D eigenvalue weighted by molar-refractivity contribution is 5.79. The van der Waals surface area contributed by atoms with Gasteiger partial charge in [0.05, 0.1) is 5.69 Å². The Hall–Kier alpha value is -3.41. The van der Waals surface area contributed by atoms with Crippen LogP contribution in [-0.2, 0) is 24.2 Å². The van der Waals surface area contributed by atoms with Crippen molar-refractivity contribution in [3.8, 4) is 5.69 Å². The van der Waals surface area contributed by atoms with Crippen molar-refractivity contribution in [3.63, 3.8) is 0 Å². The number of hydrogen-bond donors (Lipinski definition) is 1. The molecule has 0 radical (unpaired) electrons. The average molecular weight is 445 g/mol. The fraction of sp³-hybridized carbons (Fsp3) is 0.370. The lowest BCUT2D eigenvalue weighted by Gasteiger charge is -2.32. The third-order valence-electron chi connectivity index (χ3n) is 6.46. The van der Waals surface area contributed by atoms with E-state index in [2.05, 4.69) is 53.4 Å². The summed E-state index contributed by atoms with van der Waals surface area (Å²) >= 11 is 0. The van der Waals surface area contributed by atoms with Crippen molar-refractivity contribution >= 4 is 11.7 Å². The van der Waals surface area contributed by atoms with Crippen LogP contribution in [0.2, 0.25) is 0 Å².